The zero-order chi connectivity index (χ0) is 14.2. The van der Waals surface area contributed by atoms with Gasteiger partial charge in [-0.3, -0.25) is 4.79 Å². The molecule has 1 aromatic carbocycles. The number of aryl methyl sites for hydroxylation is 2. The van der Waals surface area contributed by atoms with Crippen LogP contribution in [0.1, 0.15) is 25.0 Å². The van der Waals surface area contributed by atoms with Crippen LogP contribution in [0.25, 0.3) is 0 Å². The molecule has 0 aromatic heterocycles. The van der Waals surface area contributed by atoms with Gasteiger partial charge in [-0.05, 0) is 38.8 Å². The summed E-state index contributed by atoms with van der Waals surface area (Å²) in [6.07, 6.45) is 0. The van der Waals surface area contributed by atoms with Crippen molar-refractivity contribution in [2.24, 2.45) is 0 Å². The molecule has 4 nitrogen and oxygen atoms in total. The number of alkyl halides is 1. The Hall–Kier alpha value is -1.10. The third-order valence-corrected chi connectivity index (χ3v) is 3.78. The van der Waals surface area contributed by atoms with Crippen molar-refractivity contribution in [3.8, 4) is 0 Å². The predicted molar refractivity (Wildman–Crippen MR) is 74.2 cm³/mol. The number of amides is 1. The first kappa shape index (κ1) is 14.3. The third kappa shape index (κ3) is 2.61. The zero-order valence-electron chi connectivity index (χ0n) is 11.6. The van der Waals surface area contributed by atoms with Crippen molar-refractivity contribution < 1.29 is 14.6 Å². The normalized spacial score (nSPS) is 17.9. The van der Waals surface area contributed by atoms with Crippen molar-refractivity contribution in [1.82, 2.24) is 0 Å². The summed E-state index contributed by atoms with van der Waals surface area (Å²) in [6, 6.07) is 5.66. The lowest BCUT2D eigenvalue weighted by Gasteiger charge is -2.31. The van der Waals surface area contributed by atoms with Gasteiger partial charge in [-0.2, -0.15) is 9.78 Å². The number of nitrogens with zero attached hydrogens (tertiary/aromatic N) is 1. The van der Waals surface area contributed by atoms with E-state index in [1.807, 2.05) is 39.0 Å². The Bertz CT molecular complexity index is 479. The number of hydrogen-bond acceptors (Lipinski definition) is 3. The highest BCUT2D eigenvalue weighted by Gasteiger charge is 2.53. The monoisotopic (exact) mass is 283 g/mol. The number of carbonyl (C=O) groups is 1. The minimum Gasteiger partial charge on any atom is -0.302 e. The number of anilines is 1. The highest BCUT2D eigenvalue weighted by atomic mass is 35.5. The van der Waals surface area contributed by atoms with Crippen LogP contribution in [0, 0.1) is 13.8 Å². The fraction of sp³-hybridized carbons (Fsp3) is 0.500. The molecule has 1 aromatic rings. The molecule has 1 atom stereocenters. The summed E-state index contributed by atoms with van der Waals surface area (Å²) in [5, 5.41) is 0. The maximum absolute atomic E-state index is 12.2. The lowest BCUT2D eigenvalue weighted by molar-refractivity contribution is -0.117. The molecular weight excluding hydrogens is 266 g/mol. The molecule has 0 aliphatic carbocycles. The fourth-order valence-corrected chi connectivity index (χ4v) is 2.35. The molecule has 1 aliphatic rings. The molecule has 1 heterocycles. The van der Waals surface area contributed by atoms with Crippen molar-refractivity contribution in [1.29, 1.82) is 0 Å². The molecule has 0 N–H and O–H groups in total. The van der Waals surface area contributed by atoms with Crippen LogP contribution < -0.4 is 4.90 Å². The van der Waals surface area contributed by atoms with E-state index in [-0.39, 0.29) is 17.8 Å². The highest BCUT2D eigenvalue weighted by molar-refractivity contribution is 6.29. The smallest absolute Gasteiger partial charge is 0.251 e. The van der Waals surface area contributed by atoms with Gasteiger partial charge in [-0.1, -0.05) is 18.2 Å². The second-order valence-corrected chi connectivity index (χ2v) is 5.26. The molecular formula is C14H18ClNO3. The van der Waals surface area contributed by atoms with Gasteiger partial charge in [-0.15, -0.1) is 11.6 Å². The molecule has 5 heteroatoms. The molecule has 1 fully saturated rings. The summed E-state index contributed by atoms with van der Waals surface area (Å²) in [4.78, 5) is 23.9. The molecule has 2 rings (SSSR count). The van der Waals surface area contributed by atoms with E-state index < -0.39 is 5.79 Å². The summed E-state index contributed by atoms with van der Waals surface area (Å²) in [7, 11) is 0. The molecule has 0 saturated carbocycles. The van der Waals surface area contributed by atoms with E-state index in [9.17, 15) is 4.79 Å². The predicted octanol–water partition coefficient (Wildman–Crippen LogP) is 2.94. The summed E-state index contributed by atoms with van der Waals surface area (Å²) in [5.41, 5.74) is 2.92. The average molecular weight is 284 g/mol. The van der Waals surface area contributed by atoms with Crippen LogP contribution in [0.4, 0.5) is 5.69 Å². The Morgan fingerprint density at radius 3 is 2.32 bits per heavy atom. The fourth-order valence-electron chi connectivity index (χ4n) is 2.22. The van der Waals surface area contributed by atoms with Gasteiger partial charge in [0, 0.05) is 0 Å². The lowest BCUT2D eigenvalue weighted by Crippen LogP contribution is -2.47. The van der Waals surface area contributed by atoms with E-state index in [1.54, 1.807) is 11.8 Å². The Kier molecular flexibility index (Phi) is 3.85. The first-order valence-corrected chi connectivity index (χ1v) is 6.75. The van der Waals surface area contributed by atoms with Gasteiger partial charge in [0.2, 0.25) is 5.91 Å². The Balaban J connectivity index is 2.46. The standard InChI is InChI=1S/C14H18ClNO3/c1-9-6-5-7-10(2)13(9)16(12(17)8-15)11(3)14(4)18-19-14/h5-7,11H,8H2,1-4H3. The highest BCUT2D eigenvalue weighted by Crippen LogP contribution is 2.38. The molecule has 1 amide bonds. The summed E-state index contributed by atoms with van der Waals surface area (Å²) >= 11 is 5.74. The third-order valence-electron chi connectivity index (χ3n) is 3.56. The quantitative estimate of drug-likeness (QED) is 0.485. The first-order chi connectivity index (χ1) is 8.90. The molecule has 19 heavy (non-hydrogen) atoms. The number of hydrogen-bond donors (Lipinski definition) is 0. The van der Waals surface area contributed by atoms with E-state index in [0.29, 0.717) is 0 Å². The SMILES string of the molecule is Cc1cccc(C)c1N(C(=O)CCl)C(C)C1(C)OO1. The van der Waals surface area contributed by atoms with E-state index in [0.717, 1.165) is 16.8 Å². The molecule has 0 radical (unpaired) electrons. The van der Waals surface area contributed by atoms with Crippen LogP contribution in [0.2, 0.25) is 0 Å². The van der Waals surface area contributed by atoms with E-state index in [4.69, 9.17) is 21.4 Å². The molecule has 104 valence electrons. The maximum atomic E-state index is 12.2. The molecule has 1 aliphatic heterocycles. The van der Waals surface area contributed by atoms with Crippen molar-refractivity contribution in [3.63, 3.8) is 0 Å². The largest absolute Gasteiger partial charge is 0.302 e. The van der Waals surface area contributed by atoms with Crippen LogP contribution in [-0.2, 0) is 14.6 Å². The number of halogens is 1. The zero-order valence-corrected chi connectivity index (χ0v) is 12.3. The second-order valence-electron chi connectivity index (χ2n) is 5.00. The van der Waals surface area contributed by atoms with E-state index in [2.05, 4.69) is 0 Å². The number of para-hydroxylation sites is 1. The number of benzene rings is 1. The van der Waals surface area contributed by atoms with Crippen LogP contribution in [0.5, 0.6) is 0 Å². The van der Waals surface area contributed by atoms with Gasteiger partial charge >= 0.3 is 0 Å². The summed E-state index contributed by atoms with van der Waals surface area (Å²) in [5.74, 6) is -0.989. The second kappa shape index (κ2) is 5.12. The van der Waals surface area contributed by atoms with Crippen molar-refractivity contribution in [3.05, 3.63) is 29.3 Å². The Morgan fingerprint density at radius 1 is 1.37 bits per heavy atom. The van der Waals surface area contributed by atoms with E-state index >= 15 is 0 Å². The van der Waals surface area contributed by atoms with Gasteiger partial charge in [0.05, 0.1) is 11.7 Å². The Morgan fingerprint density at radius 2 is 1.89 bits per heavy atom. The topological polar surface area (TPSA) is 45.4 Å². The van der Waals surface area contributed by atoms with Crippen LogP contribution in [0.15, 0.2) is 18.2 Å². The molecule has 0 bridgehead atoms. The van der Waals surface area contributed by atoms with Crippen molar-refractivity contribution in [2.75, 3.05) is 10.8 Å². The summed E-state index contributed by atoms with van der Waals surface area (Å²) < 4.78 is 0. The maximum Gasteiger partial charge on any atom is 0.251 e. The number of rotatable bonds is 4. The summed E-state index contributed by atoms with van der Waals surface area (Å²) in [6.45, 7) is 7.64. The van der Waals surface area contributed by atoms with Gasteiger partial charge in [0.1, 0.15) is 5.88 Å². The Labute approximate surface area is 118 Å². The van der Waals surface area contributed by atoms with E-state index in [1.165, 1.54) is 0 Å². The van der Waals surface area contributed by atoms with Crippen LogP contribution in [0.3, 0.4) is 0 Å². The minimum atomic E-state index is -0.754. The van der Waals surface area contributed by atoms with Crippen molar-refractivity contribution in [2.45, 2.75) is 39.5 Å². The first-order valence-electron chi connectivity index (χ1n) is 6.22. The van der Waals surface area contributed by atoms with Crippen LogP contribution in [-0.4, -0.2) is 23.6 Å². The van der Waals surface area contributed by atoms with Crippen molar-refractivity contribution >= 4 is 23.2 Å². The number of carbonyl (C=O) groups excluding carboxylic acids is 1. The van der Waals surface area contributed by atoms with Crippen LogP contribution >= 0.6 is 11.6 Å². The molecule has 0 spiro atoms. The molecule has 1 saturated heterocycles. The van der Waals surface area contributed by atoms with Gasteiger partial charge < -0.3 is 4.90 Å². The van der Waals surface area contributed by atoms with Gasteiger partial charge in [0.15, 0.2) is 0 Å². The van der Waals surface area contributed by atoms with Gasteiger partial charge in [-0.25, -0.2) is 0 Å². The minimum absolute atomic E-state index is 0.0752. The average Bonchev–Trinajstić information content (AvgIpc) is 3.12. The molecule has 1 unspecified atom stereocenters. The lowest BCUT2D eigenvalue weighted by atomic mass is 10.0. The van der Waals surface area contributed by atoms with Gasteiger partial charge in [0.25, 0.3) is 5.79 Å².